The van der Waals surface area contributed by atoms with Crippen LogP contribution in [0.15, 0.2) is 33.0 Å². The lowest BCUT2D eigenvalue weighted by molar-refractivity contribution is 0.0713. The van der Waals surface area contributed by atoms with Crippen molar-refractivity contribution in [1.82, 2.24) is 0 Å². The van der Waals surface area contributed by atoms with Crippen LogP contribution in [0.3, 0.4) is 0 Å². The zero-order valence-electron chi connectivity index (χ0n) is 19.3. The fourth-order valence-electron chi connectivity index (χ4n) is 3.77. The number of aliphatic hydroxyl groups is 1. The Labute approximate surface area is 186 Å². The third-order valence-electron chi connectivity index (χ3n) is 5.45. The van der Waals surface area contributed by atoms with Gasteiger partial charge >= 0.3 is 0 Å². The Bertz CT molecular complexity index is 1260. The number of allylic oxidation sites excluding steroid dienone is 2. The number of aryl methyl sites for hydroxylation is 1. The van der Waals surface area contributed by atoms with E-state index >= 15 is 0 Å². The summed E-state index contributed by atoms with van der Waals surface area (Å²) in [5.41, 5.74) is 0.690. The average molecular weight is 443 g/mol. The maximum atomic E-state index is 13.6. The summed E-state index contributed by atoms with van der Waals surface area (Å²) in [5, 5.41) is 31.9. The molecule has 172 valence electrons. The molecule has 0 unspecified atom stereocenters. The van der Waals surface area contributed by atoms with Gasteiger partial charge in [0.1, 0.15) is 28.1 Å². The van der Waals surface area contributed by atoms with Crippen LogP contribution < -0.4 is 14.9 Å². The number of hydrogen-bond acceptors (Lipinski definition) is 7. The number of ether oxygens (including phenoxy) is 2. The van der Waals surface area contributed by atoms with Crippen LogP contribution in [0.4, 0.5) is 0 Å². The average Bonchev–Trinajstić information content (AvgIpc) is 2.69. The van der Waals surface area contributed by atoms with E-state index in [1.165, 1.54) is 20.3 Å². The maximum Gasteiger partial charge on any atom is 0.204 e. The van der Waals surface area contributed by atoms with Crippen molar-refractivity contribution >= 4 is 21.9 Å². The van der Waals surface area contributed by atoms with Gasteiger partial charge in [-0.05, 0) is 47.0 Å². The number of fused-ring (bicyclic) bond motifs is 2. The van der Waals surface area contributed by atoms with Gasteiger partial charge in [0.15, 0.2) is 11.5 Å². The lowest BCUT2D eigenvalue weighted by Crippen LogP contribution is -2.20. The Morgan fingerprint density at radius 3 is 2.28 bits per heavy atom. The first-order chi connectivity index (χ1) is 15.0. The highest BCUT2D eigenvalue weighted by Gasteiger charge is 2.25. The molecule has 0 saturated carbocycles. The van der Waals surface area contributed by atoms with Gasteiger partial charge < -0.3 is 29.2 Å². The molecule has 0 aliphatic heterocycles. The number of methoxy groups -OCH3 is 2. The number of rotatable bonds is 7. The zero-order chi connectivity index (χ0) is 23.8. The molecule has 7 nitrogen and oxygen atoms in total. The number of aromatic hydroxyl groups is 2. The molecule has 3 N–H and O–H groups in total. The molecule has 0 bridgehead atoms. The predicted molar refractivity (Wildman–Crippen MR) is 124 cm³/mol. The van der Waals surface area contributed by atoms with Crippen LogP contribution in [0.1, 0.15) is 45.2 Å². The van der Waals surface area contributed by atoms with E-state index in [-0.39, 0.29) is 45.4 Å². The lowest BCUT2D eigenvalue weighted by atomic mass is 9.94. The molecule has 0 fully saturated rings. The molecule has 1 heterocycles. The molecular formula is C25H30O7. The molecule has 0 aliphatic rings. The molecule has 0 atom stereocenters. The van der Waals surface area contributed by atoms with Gasteiger partial charge in [-0.15, -0.1) is 0 Å². The molecule has 32 heavy (non-hydrogen) atoms. The van der Waals surface area contributed by atoms with Crippen molar-refractivity contribution in [1.29, 1.82) is 0 Å². The highest BCUT2D eigenvalue weighted by atomic mass is 16.5. The van der Waals surface area contributed by atoms with Gasteiger partial charge in [0, 0.05) is 23.3 Å². The van der Waals surface area contributed by atoms with E-state index in [4.69, 9.17) is 13.9 Å². The maximum absolute atomic E-state index is 13.6. The van der Waals surface area contributed by atoms with Crippen LogP contribution in [-0.2, 0) is 12.8 Å². The minimum Gasteiger partial charge on any atom is -0.507 e. The topological polar surface area (TPSA) is 109 Å². The summed E-state index contributed by atoms with van der Waals surface area (Å²) in [6, 6.07) is 2.89. The first kappa shape index (κ1) is 23.5. The van der Waals surface area contributed by atoms with E-state index in [1.807, 2.05) is 19.9 Å². The fraction of sp³-hybridized carbons (Fsp3) is 0.400. The largest absolute Gasteiger partial charge is 0.507 e. The van der Waals surface area contributed by atoms with Gasteiger partial charge in [-0.2, -0.15) is 0 Å². The number of phenolic OH excluding ortho intramolecular Hbond substituents is 2. The summed E-state index contributed by atoms with van der Waals surface area (Å²) in [4.78, 5) is 13.6. The van der Waals surface area contributed by atoms with Crippen molar-refractivity contribution in [2.75, 3.05) is 14.2 Å². The normalized spacial score (nSPS) is 11.7. The van der Waals surface area contributed by atoms with Crippen molar-refractivity contribution in [3.8, 4) is 23.0 Å². The van der Waals surface area contributed by atoms with Crippen LogP contribution in [0.2, 0.25) is 0 Å². The standard InChI is InChI=1S/C25H30O7/c1-13(2)7-8-14-16(26)11-17-21(22(14)27)23(28)20-15(9-10-25(3,4)29)24(31-6)19(30-5)12-18(20)32-17/h7,11-12,26-27,29H,8-10H2,1-6H3. The van der Waals surface area contributed by atoms with Crippen LogP contribution in [0.5, 0.6) is 23.0 Å². The van der Waals surface area contributed by atoms with Crippen LogP contribution >= 0.6 is 0 Å². The summed E-state index contributed by atoms with van der Waals surface area (Å²) in [6.45, 7) is 7.19. The minimum atomic E-state index is -0.969. The minimum absolute atomic E-state index is 0.0100. The summed E-state index contributed by atoms with van der Waals surface area (Å²) in [5.74, 6) is 0.287. The summed E-state index contributed by atoms with van der Waals surface area (Å²) in [6.07, 6.45) is 2.80. The second-order valence-corrected chi connectivity index (χ2v) is 8.79. The fourth-order valence-corrected chi connectivity index (χ4v) is 3.77. The van der Waals surface area contributed by atoms with E-state index in [9.17, 15) is 20.1 Å². The van der Waals surface area contributed by atoms with Gasteiger partial charge in [-0.25, -0.2) is 0 Å². The Hall–Kier alpha value is -3.19. The number of benzene rings is 2. The Balaban J connectivity index is 2.42. The van der Waals surface area contributed by atoms with Gasteiger partial charge in [0.05, 0.1) is 25.2 Å². The van der Waals surface area contributed by atoms with Gasteiger partial charge in [-0.3, -0.25) is 4.79 Å². The molecule has 3 rings (SSSR count). The van der Waals surface area contributed by atoms with Gasteiger partial charge in [0.25, 0.3) is 0 Å². The summed E-state index contributed by atoms with van der Waals surface area (Å²) < 4.78 is 16.9. The third-order valence-corrected chi connectivity index (χ3v) is 5.45. The molecule has 0 radical (unpaired) electrons. The van der Waals surface area contributed by atoms with Crippen molar-refractivity contribution in [3.63, 3.8) is 0 Å². The summed E-state index contributed by atoms with van der Waals surface area (Å²) in [7, 11) is 2.96. The van der Waals surface area contributed by atoms with E-state index < -0.39 is 11.0 Å². The molecule has 0 spiro atoms. The second kappa shape index (κ2) is 8.74. The molecule has 0 saturated heterocycles. The van der Waals surface area contributed by atoms with Crippen molar-refractivity contribution in [3.05, 3.63) is 45.1 Å². The monoisotopic (exact) mass is 442 g/mol. The van der Waals surface area contributed by atoms with Crippen molar-refractivity contribution in [2.45, 2.75) is 52.6 Å². The Morgan fingerprint density at radius 1 is 1.06 bits per heavy atom. The van der Waals surface area contributed by atoms with E-state index in [2.05, 4.69) is 0 Å². The van der Waals surface area contributed by atoms with E-state index in [0.717, 1.165) is 5.57 Å². The van der Waals surface area contributed by atoms with Crippen LogP contribution in [0, 0.1) is 0 Å². The molecule has 3 aromatic rings. The molecule has 1 aromatic heterocycles. The van der Waals surface area contributed by atoms with Crippen LogP contribution in [-0.4, -0.2) is 35.1 Å². The molecule has 2 aromatic carbocycles. The Morgan fingerprint density at radius 2 is 1.72 bits per heavy atom. The first-order valence-electron chi connectivity index (χ1n) is 10.4. The first-order valence-corrected chi connectivity index (χ1v) is 10.4. The van der Waals surface area contributed by atoms with Crippen molar-refractivity contribution < 1.29 is 29.2 Å². The van der Waals surface area contributed by atoms with E-state index in [0.29, 0.717) is 29.9 Å². The number of hydrogen-bond donors (Lipinski definition) is 3. The highest BCUT2D eigenvalue weighted by molar-refractivity contribution is 5.97. The smallest absolute Gasteiger partial charge is 0.204 e. The SMILES string of the molecule is COc1cc2oc3cc(O)c(CC=C(C)C)c(O)c3c(=O)c2c(CCC(C)(C)O)c1OC. The predicted octanol–water partition coefficient (Wildman–Crippen LogP) is 4.59. The highest BCUT2D eigenvalue weighted by Crippen LogP contribution is 2.41. The van der Waals surface area contributed by atoms with Crippen molar-refractivity contribution in [2.24, 2.45) is 0 Å². The number of phenols is 2. The lowest BCUT2D eigenvalue weighted by Gasteiger charge is -2.20. The van der Waals surface area contributed by atoms with Gasteiger partial charge in [0.2, 0.25) is 5.43 Å². The molecule has 0 amide bonds. The third kappa shape index (κ3) is 4.39. The summed E-state index contributed by atoms with van der Waals surface area (Å²) >= 11 is 0. The molecule has 0 aliphatic carbocycles. The molecule has 7 heteroatoms. The zero-order valence-corrected chi connectivity index (χ0v) is 19.3. The van der Waals surface area contributed by atoms with E-state index in [1.54, 1.807) is 19.9 Å². The Kier molecular flexibility index (Phi) is 6.41. The quantitative estimate of drug-likeness (QED) is 0.363. The van der Waals surface area contributed by atoms with Gasteiger partial charge in [-0.1, -0.05) is 11.6 Å². The molecular weight excluding hydrogens is 412 g/mol. The second-order valence-electron chi connectivity index (χ2n) is 8.79. The van der Waals surface area contributed by atoms with Crippen LogP contribution in [0.25, 0.3) is 21.9 Å².